The highest BCUT2D eigenvalue weighted by Crippen LogP contribution is 2.34. The van der Waals surface area contributed by atoms with Crippen molar-refractivity contribution >= 4 is 20.8 Å². The predicted molar refractivity (Wildman–Crippen MR) is 92.8 cm³/mol. The summed E-state index contributed by atoms with van der Waals surface area (Å²) in [5.41, 5.74) is 2.94. The fraction of sp³-hybridized carbons (Fsp3) is 0.111. The first-order chi connectivity index (χ1) is 12.5. The molecule has 0 atom stereocenters. The van der Waals surface area contributed by atoms with Crippen LogP contribution < -0.4 is 0 Å². The molecular formula is C18H13FN2O4S. The van der Waals surface area contributed by atoms with Gasteiger partial charge in [0.05, 0.1) is 11.2 Å². The van der Waals surface area contributed by atoms with Crippen LogP contribution in [0.1, 0.15) is 5.89 Å². The Labute approximate surface area is 148 Å². The molecule has 4 aromatic rings. The van der Waals surface area contributed by atoms with Crippen LogP contribution in [0.2, 0.25) is 0 Å². The Balaban J connectivity index is 1.79. The summed E-state index contributed by atoms with van der Waals surface area (Å²) < 4.78 is 46.8. The van der Waals surface area contributed by atoms with E-state index >= 15 is 0 Å². The van der Waals surface area contributed by atoms with Crippen LogP contribution in [0, 0.1) is 6.92 Å². The Morgan fingerprint density at radius 1 is 1.04 bits per heavy atom. The molecule has 0 unspecified atom stereocenters. The van der Waals surface area contributed by atoms with E-state index in [1.807, 2.05) is 12.1 Å². The summed E-state index contributed by atoms with van der Waals surface area (Å²) in [5, 5.41) is 8.65. The Bertz CT molecular complexity index is 1190. The standard InChI is InChI=1S/C18H13FN2O4S/c1-11-20-21-18(25-11)13-4-7-17-15(8-13)16(9-24-17)12-2-5-14(6-3-12)26(22,23)10-19/h2-9H,10H2,1H3. The predicted octanol–water partition coefficient (Wildman–Crippen LogP) is 4.16. The fourth-order valence-corrected chi connectivity index (χ4v) is 3.38. The molecule has 2 aromatic carbocycles. The van der Waals surface area contributed by atoms with Gasteiger partial charge in [0, 0.05) is 23.4 Å². The van der Waals surface area contributed by atoms with Crippen molar-refractivity contribution in [1.29, 1.82) is 0 Å². The van der Waals surface area contributed by atoms with Gasteiger partial charge in [-0.3, -0.25) is 0 Å². The molecule has 132 valence electrons. The van der Waals surface area contributed by atoms with E-state index in [4.69, 9.17) is 8.83 Å². The average molecular weight is 372 g/mol. The molecule has 0 saturated carbocycles. The molecule has 6 nitrogen and oxygen atoms in total. The third kappa shape index (κ3) is 2.78. The summed E-state index contributed by atoms with van der Waals surface area (Å²) in [6.45, 7) is 1.71. The second-order valence-electron chi connectivity index (χ2n) is 5.73. The molecule has 0 fully saturated rings. The number of alkyl halides is 1. The van der Waals surface area contributed by atoms with E-state index in [1.54, 1.807) is 31.4 Å². The maximum absolute atomic E-state index is 12.6. The number of rotatable bonds is 4. The second kappa shape index (κ2) is 6.06. The van der Waals surface area contributed by atoms with Crippen molar-refractivity contribution in [3.05, 3.63) is 54.6 Å². The van der Waals surface area contributed by atoms with Gasteiger partial charge in [0.1, 0.15) is 5.58 Å². The van der Waals surface area contributed by atoms with Gasteiger partial charge < -0.3 is 8.83 Å². The Kier molecular flexibility index (Phi) is 3.84. The average Bonchev–Trinajstić information content (AvgIpc) is 3.27. The Morgan fingerprint density at radius 2 is 1.77 bits per heavy atom. The molecule has 2 aromatic heterocycles. The van der Waals surface area contributed by atoms with Crippen LogP contribution in [0.5, 0.6) is 0 Å². The Hall–Kier alpha value is -3.00. The summed E-state index contributed by atoms with van der Waals surface area (Å²) in [6.07, 6.45) is 1.59. The lowest BCUT2D eigenvalue weighted by molar-refractivity contribution is 0.532. The van der Waals surface area contributed by atoms with E-state index in [0.717, 1.165) is 22.1 Å². The Morgan fingerprint density at radius 3 is 2.42 bits per heavy atom. The lowest BCUT2D eigenvalue weighted by atomic mass is 10.0. The SMILES string of the molecule is Cc1nnc(-c2ccc3occ(-c4ccc(S(=O)(=O)CF)cc4)c3c2)o1. The van der Waals surface area contributed by atoms with Crippen LogP contribution >= 0.6 is 0 Å². The minimum absolute atomic E-state index is 0.0569. The zero-order valence-electron chi connectivity index (χ0n) is 13.6. The first-order valence-corrected chi connectivity index (χ1v) is 9.34. The number of aromatic nitrogens is 2. The van der Waals surface area contributed by atoms with Crippen molar-refractivity contribution < 1.29 is 21.6 Å². The summed E-state index contributed by atoms with van der Waals surface area (Å²) in [6, 6.07) is 10.1. The number of hydrogen-bond donors (Lipinski definition) is 0. The van der Waals surface area contributed by atoms with Gasteiger partial charge in [0.15, 0.2) is 6.01 Å². The van der Waals surface area contributed by atoms with E-state index in [-0.39, 0.29) is 4.90 Å². The van der Waals surface area contributed by atoms with E-state index in [1.165, 1.54) is 12.1 Å². The molecule has 0 aliphatic heterocycles. The number of nitrogens with zero attached hydrogens (tertiary/aromatic N) is 2. The zero-order valence-corrected chi connectivity index (χ0v) is 14.5. The molecule has 2 heterocycles. The third-order valence-corrected chi connectivity index (χ3v) is 5.29. The molecule has 0 saturated heterocycles. The van der Waals surface area contributed by atoms with Crippen molar-refractivity contribution in [2.75, 3.05) is 6.01 Å². The number of aryl methyl sites for hydroxylation is 1. The monoisotopic (exact) mass is 372 g/mol. The zero-order chi connectivity index (χ0) is 18.3. The smallest absolute Gasteiger partial charge is 0.247 e. The normalized spacial score (nSPS) is 11.9. The van der Waals surface area contributed by atoms with Crippen molar-refractivity contribution in [3.63, 3.8) is 0 Å². The fourth-order valence-electron chi connectivity index (χ4n) is 2.70. The number of benzene rings is 2. The van der Waals surface area contributed by atoms with E-state index in [0.29, 0.717) is 17.4 Å². The van der Waals surface area contributed by atoms with Crippen molar-refractivity contribution in [1.82, 2.24) is 10.2 Å². The number of sulfone groups is 1. The lowest BCUT2D eigenvalue weighted by Crippen LogP contribution is -2.02. The van der Waals surface area contributed by atoms with E-state index < -0.39 is 15.8 Å². The molecule has 0 amide bonds. The van der Waals surface area contributed by atoms with Crippen LogP contribution in [0.15, 0.2) is 62.5 Å². The maximum Gasteiger partial charge on any atom is 0.247 e. The van der Waals surface area contributed by atoms with Crippen molar-refractivity contribution in [3.8, 4) is 22.6 Å². The molecule has 0 bridgehead atoms. The first kappa shape index (κ1) is 16.5. The van der Waals surface area contributed by atoms with Gasteiger partial charge in [-0.05, 0) is 35.9 Å². The van der Waals surface area contributed by atoms with Crippen LogP contribution in [0.3, 0.4) is 0 Å². The molecule has 0 aliphatic carbocycles. The van der Waals surface area contributed by atoms with Gasteiger partial charge in [-0.25, -0.2) is 12.8 Å². The topological polar surface area (TPSA) is 86.2 Å². The summed E-state index contributed by atoms with van der Waals surface area (Å²) in [5.74, 6) is 0.873. The van der Waals surface area contributed by atoms with Crippen LogP contribution in [-0.2, 0) is 9.84 Å². The van der Waals surface area contributed by atoms with Gasteiger partial charge >= 0.3 is 0 Å². The van der Waals surface area contributed by atoms with Crippen molar-refractivity contribution in [2.24, 2.45) is 0 Å². The van der Waals surface area contributed by atoms with Gasteiger partial charge in [-0.1, -0.05) is 12.1 Å². The first-order valence-electron chi connectivity index (χ1n) is 7.69. The summed E-state index contributed by atoms with van der Waals surface area (Å²) in [7, 11) is -3.88. The lowest BCUT2D eigenvalue weighted by Gasteiger charge is -2.03. The largest absolute Gasteiger partial charge is 0.464 e. The minimum Gasteiger partial charge on any atom is -0.464 e. The highest BCUT2D eigenvalue weighted by Gasteiger charge is 2.16. The summed E-state index contributed by atoms with van der Waals surface area (Å²) in [4.78, 5) is -0.0569. The second-order valence-corrected chi connectivity index (χ2v) is 7.65. The molecule has 0 spiro atoms. The van der Waals surface area contributed by atoms with E-state index in [2.05, 4.69) is 10.2 Å². The number of fused-ring (bicyclic) bond motifs is 1. The number of furan rings is 1. The van der Waals surface area contributed by atoms with Gasteiger partial charge in [-0.2, -0.15) is 0 Å². The molecular weight excluding hydrogens is 359 g/mol. The highest BCUT2D eigenvalue weighted by molar-refractivity contribution is 7.91. The molecule has 4 rings (SSSR count). The van der Waals surface area contributed by atoms with Crippen LogP contribution in [0.4, 0.5) is 4.39 Å². The van der Waals surface area contributed by atoms with Gasteiger partial charge in [0.2, 0.25) is 21.6 Å². The third-order valence-electron chi connectivity index (χ3n) is 4.01. The summed E-state index contributed by atoms with van der Waals surface area (Å²) >= 11 is 0. The maximum atomic E-state index is 12.6. The quantitative estimate of drug-likeness (QED) is 0.535. The molecule has 26 heavy (non-hydrogen) atoms. The molecule has 0 N–H and O–H groups in total. The van der Waals surface area contributed by atoms with Gasteiger partial charge in [-0.15, -0.1) is 10.2 Å². The number of halogens is 1. The molecule has 0 aliphatic rings. The van der Waals surface area contributed by atoms with Crippen LogP contribution in [0.25, 0.3) is 33.6 Å². The molecule has 8 heteroatoms. The highest BCUT2D eigenvalue weighted by atomic mass is 32.2. The van der Waals surface area contributed by atoms with E-state index in [9.17, 15) is 12.8 Å². The van der Waals surface area contributed by atoms with Crippen LogP contribution in [-0.4, -0.2) is 24.6 Å². The minimum atomic E-state index is -3.88. The van der Waals surface area contributed by atoms with Gasteiger partial charge in [0.25, 0.3) is 0 Å². The molecule has 0 radical (unpaired) electrons. The number of hydrogen-bond acceptors (Lipinski definition) is 6. The van der Waals surface area contributed by atoms with Crippen molar-refractivity contribution in [2.45, 2.75) is 11.8 Å².